The van der Waals surface area contributed by atoms with E-state index in [0.717, 1.165) is 30.5 Å². The van der Waals surface area contributed by atoms with Crippen LogP contribution in [-0.2, 0) is 5.60 Å². The molecule has 184 valence electrons. The molecule has 1 amide bonds. The molecule has 0 bridgehead atoms. The molecule has 3 aromatic rings. The number of aliphatic hydroxyl groups excluding tert-OH is 1. The number of carbonyl (C=O) groups excluding carboxylic acids is 1. The molecule has 3 atom stereocenters. The molecule has 0 saturated heterocycles. The number of halogens is 2. The molecule has 0 aliphatic heterocycles. The first-order valence-electron chi connectivity index (χ1n) is 11.7. The van der Waals surface area contributed by atoms with E-state index >= 15 is 0 Å². The number of benzene rings is 1. The molecule has 1 aliphatic carbocycles. The number of nitrogens with one attached hydrogen (secondary N) is 1. The minimum atomic E-state index is -1.46. The first-order valence-corrected chi connectivity index (χ1v) is 11.7. The van der Waals surface area contributed by atoms with Crippen LogP contribution in [0.4, 0.5) is 14.5 Å². The molecule has 1 aliphatic rings. The maximum absolute atomic E-state index is 14.8. The fraction of sp³-hybridized carbons (Fsp3) is 0.370. The normalized spacial score (nSPS) is 20.5. The Bertz CT molecular complexity index is 1240. The van der Waals surface area contributed by atoms with Crippen LogP contribution in [0.1, 0.15) is 67.6 Å². The van der Waals surface area contributed by atoms with Crippen LogP contribution in [0.2, 0.25) is 0 Å². The predicted octanol–water partition coefficient (Wildman–Crippen LogP) is 5.17. The fourth-order valence-electron chi connectivity index (χ4n) is 4.73. The molecule has 4 rings (SSSR count). The van der Waals surface area contributed by atoms with Gasteiger partial charge in [-0.05, 0) is 80.3 Å². The molecular weight excluding hydrogens is 452 g/mol. The molecule has 0 radical (unpaired) electrons. The summed E-state index contributed by atoms with van der Waals surface area (Å²) in [4.78, 5) is 21.4. The molecule has 2 aromatic heterocycles. The van der Waals surface area contributed by atoms with E-state index in [9.17, 15) is 23.8 Å². The average Bonchev–Trinajstić information content (AvgIpc) is 2.81. The summed E-state index contributed by atoms with van der Waals surface area (Å²) in [6.07, 6.45) is 5.11. The molecule has 8 heteroatoms. The van der Waals surface area contributed by atoms with E-state index in [0.29, 0.717) is 12.1 Å². The lowest BCUT2D eigenvalue weighted by Gasteiger charge is -2.32. The Morgan fingerprint density at radius 2 is 1.89 bits per heavy atom. The Labute approximate surface area is 203 Å². The van der Waals surface area contributed by atoms with Crippen molar-refractivity contribution < 1.29 is 23.8 Å². The summed E-state index contributed by atoms with van der Waals surface area (Å²) in [5.41, 5.74) is -0.523. The topological polar surface area (TPSA) is 95.3 Å². The van der Waals surface area contributed by atoms with E-state index < -0.39 is 23.1 Å². The zero-order valence-corrected chi connectivity index (χ0v) is 19.9. The van der Waals surface area contributed by atoms with Crippen molar-refractivity contribution in [1.82, 2.24) is 9.97 Å². The lowest BCUT2D eigenvalue weighted by atomic mass is 9.77. The van der Waals surface area contributed by atoms with Crippen molar-refractivity contribution in [2.75, 3.05) is 5.32 Å². The fourth-order valence-corrected chi connectivity index (χ4v) is 4.73. The third-order valence-electron chi connectivity index (χ3n) is 6.66. The van der Waals surface area contributed by atoms with Crippen LogP contribution < -0.4 is 5.32 Å². The number of amides is 1. The summed E-state index contributed by atoms with van der Waals surface area (Å²) in [7, 11) is 0. The van der Waals surface area contributed by atoms with Gasteiger partial charge in [-0.15, -0.1) is 0 Å². The van der Waals surface area contributed by atoms with Gasteiger partial charge in [-0.25, -0.2) is 13.8 Å². The minimum Gasteiger partial charge on any atom is -0.393 e. The molecule has 0 spiro atoms. The largest absolute Gasteiger partial charge is 0.393 e. The zero-order valence-electron chi connectivity index (χ0n) is 19.9. The monoisotopic (exact) mass is 481 g/mol. The second-order valence-electron chi connectivity index (χ2n) is 9.72. The van der Waals surface area contributed by atoms with Crippen LogP contribution in [0, 0.1) is 17.6 Å². The van der Waals surface area contributed by atoms with E-state index in [2.05, 4.69) is 15.3 Å². The van der Waals surface area contributed by atoms with E-state index in [1.807, 2.05) is 13.0 Å². The van der Waals surface area contributed by atoms with Crippen molar-refractivity contribution in [2.24, 2.45) is 5.92 Å². The predicted molar refractivity (Wildman–Crippen MR) is 129 cm³/mol. The standard InChI is InChI=1S/C27H29F2N3O3/c1-15-13-16(7-10-23(15)33)17-11-12-30-14-22(17)32-26(34)21-9-8-20(29)25(31-21)24-18(27(2,3)35)5-4-6-19(24)28/h4-6,8-9,11-12,14-16,23,33,35H,7,10,13H2,1-3H3,(H,32,34). The number of rotatable bonds is 5. The number of anilines is 1. The number of nitrogens with zero attached hydrogens (tertiary/aromatic N) is 2. The Balaban J connectivity index is 1.67. The Hall–Kier alpha value is -3.23. The van der Waals surface area contributed by atoms with Gasteiger partial charge >= 0.3 is 0 Å². The van der Waals surface area contributed by atoms with Gasteiger partial charge in [-0.3, -0.25) is 9.78 Å². The van der Waals surface area contributed by atoms with Gasteiger partial charge in [0.15, 0.2) is 0 Å². The number of pyridine rings is 2. The Morgan fingerprint density at radius 3 is 2.60 bits per heavy atom. The highest BCUT2D eigenvalue weighted by atomic mass is 19.1. The smallest absolute Gasteiger partial charge is 0.274 e. The summed E-state index contributed by atoms with van der Waals surface area (Å²) >= 11 is 0. The number of hydrogen-bond acceptors (Lipinski definition) is 5. The van der Waals surface area contributed by atoms with Gasteiger partial charge in [0.05, 0.1) is 23.6 Å². The van der Waals surface area contributed by atoms with Crippen LogP contribution in [0.5, 0.6) is 0 Å². The highest BCUT2D eigenvalue weighted by Crippen LogP contribution is 2.39. The highest BCUT2D eigenvalue weighted by molar-refractivity contribution is 6.03. The van der Waals surface area contributed by atoms with Gasteiger partial charge in [0.1, 0.15) is 23.0 Å². The van der Waals surface area contributed by atoms with Crippen molar-refractivity contribution in [3.63, 3.8) is 0 Å². The summed E-state index contributed by atoms with van der Waals surface area (Å²) in [5, 5.41) is 23.4. The van der Waals surface area contributed by atoms with Gasteiger partial charge in [0.2, 0.25) is 0 Å². The lowest BCUT2D eigenvalue weighted by molar-refractivity contribution is 0.0712. The van der Waals surface area contributed by atoms with Crippen molar-refractivity contribution in [2.45, 2.75) is 57.7 Å². The van der Waals surface area contributed by atoms with E-state index in [1.54, 1.807) is 12.4 Å². The second-order valence-corrected chi connectivity index (χ2v) is 9.72. The Morgan fingerprint density at radius 1 is 1.11 bits per heavy atom. The SMILES string of the molecule is CC1CC(c2ccncc2NC(=O)c2ccc(F)c(-c3c(F)cccc3C(C)(C)O)n2)CCC1O. The number of aliphatic hydroxyl groups is 2. The van der Waals surface area contributed by atoms with Crippen molar-refractivity contribution in [3.05, 3.63) is 77.2 Å². The molecule has 6 nitrogen and oxygen atoms in total. The van der Waals surface area contributed by atoms with Gasteiger partial charge in [-0.2, -0.15) is 0 Å². The first-order chi connectivity index (χ1) is 16.6. The quantitative estimate of drug-likeness (QED) is 0.468. The molecule has 1 fully saturated rings. The molecule has 3 unspecified atom stereocenters. The third kappa shape index (κ3) is 5.23. The van der Waals surface area contributed by atoms with Crippen LogP contribution in [0.15, 0.2) is 48.8 Å². The maximum Gasteiger partial charge on any atom is 0.274 e. The van der Waals surface area contributed by atoms with Crippen molar-refractivity contribution in [1.29, 1.82) is 0 Å². The maximum atomic E-state index is 14.8. The van der Waals surface area contributed by atoms with Gasteiger partial charge < -0.3 is 15.5 Å². The lowest BCUT2D eigenvalue weighted by Crippen LogP contribution is -2.26. The summed E-state index contributed by atoms with van der Waals surface area (Å²) in [6.45, 7) is 4.94. The second kappa shape index (κ2) is 9.79. The summed E-state index contributed by atoms with van der Waals surface area (Å²) in [6, 6.07) is 8.22. The Kier molecular flexibility index (Phi) is 6.96. The molecule has 35 heavy (non-hydrogen) atoms. The van der Waals surface area contributed by atoms with Crippen molar-refractivity contribution in [3.8, 4) is 11.3 Å². The van der Waals surface area contributed by atoms with Gasteiger partial charge in [0, 0.05) is 11.8 Å². The highest BCUT2D eigenvalue weighted by Gasteiger charge is 2.29. The van der Waals surface area contributed by atoms with Crippen LogP contribution in [-0.4, -0.2) is 32.2 Å². The van der Waals surface area contributed by atoms with E-state index in [4.69, 9.17) is 0 Å². The van der Waals surface area contributed by atoms with E-state index in [1.165, 1.54) is 32.0 Å². The molecule has 1 aromatic carbocycles. The number of carbonyl (C=O) groups is 1. The van der Waals surface area contributed by atoms with Crippen LogP contribution in [0.25, 0.3) is 11.3 Å². The molecule has 3 N–H and O–H groups in total. The van der Waals surface area contributed by atoms with Gasteiger partial charge in [-0.1, -0.05) is 19.1 Å². The first kappa shape index (κ1) is 24.9. The van der Waals surface area contributed by atoms with Crippen LogP contribution in [0.3, 0.4) is 0 Å². The minimum absolute atomic E-state index is 0.103. The number of aromatic nitrogens is 2. The zero-order chi connectivity index (χ0) is 25.3. The molecule has 2 heterocycles. The van der Waals surface area contributed by atoms with E-state index in [-0.39, 0.29) is 40.5 Å². The molecular formula is C27H29F2N3O3. The van der Waals surface area contributed by atoms with Gasteiger partial charge in [0.25, 0.3) is 5.91 Å². The number of hydrogen-bond donors (Lipinski definition) is 3. The average molecular weight is 482 g/mol. The third-order valence-corrected chi connectivity index (χ3v) is 6.66. The summed E-state index contributed by atoms with van der Waals surface area (Å²) in [5.74, 6) is -1.87. The van der Waals surface area contributed by atoms with Crippen LogP contribution >= 0.6 is 0 Å². The molecule has 1 saturated carbocycles. The van der Waals surface area contributed by atoms with Crippen molar-refractivity contribution >= 4 is 11.6 Å². The summed E-state index contributed by atoms with van der Waals surface area (Å²) < 4.78 is 29.6.